The second-order valence-corrected chi connectivity index (χ2v) is 10.3. The molecule has 1 aromatic rings. The number of rotatable bonds is 5. The summed E-state index contributed by atoms with van der Waals surface area (Å²) in [4.78, 5) is 4.36. The molecule has 0 aliphatic carbocycles. The Labute approximate surface area is 183 Å². The van der Waals surface area contributed by atoms with Crippen LogP contribution < -0.4 is 4.74 Å². The zero-order valence-corrected chi connectivity index (χ0v) is 18.8. The summed E-state index contributed by atoms with van der Waals surface area (Å²) in [5.74, 6) is -0.362. The first-order valence-corrected chi connectivity index (χ1v) is 11.0. The van der Waals surface area contributed by atoms with Crippen LogP contribution in [0.5, 0.6) is 5.75 Å². The summed E-state index contributed by atoms with van der Waals surface area (Å²) in [5.41, 5.74) is -2.24. The van der Waals surface area contributed by atoms with Crippen LogP contribution in [-0.4, -0.2) is 87.3 Å². The Morgan fingerprint density at radius 3 is 2.47 bits per heavy atom. The maximum Gasteiger partial charge on any atom is 0.145 e. The van der Waals surface area contributed by atoms with Crippen molar-refractivity contribution in [1.82, 2.24) is 9.80 Å². The first kappa shape index (κ1) is 23.7. The summed E-state index contributed by atoms with van der Waals surface area (Å²) < 4.78 is 19.2. The number of hydrogen-bond acceptors (Lipinski definition) is 6. The fourth-order valence-electron chi connectivity index (χ4n) is 4.37. The number of β-amino-alcohol motifs (C(OH)–C–C–N with tert-alkyl or cyclic N) is 2. The van der Waals surface area contributed by atoms with Gasteiger partial charge < -0.3 is 20.1 Å². The lowest BCUT2D eigenvalue weighted by Crippen LogP contribution is -2.63. The van der Waals surface area contributed by atoms with Gasteiger partial charge in [-0.25, -0.2) is 4.39 Å². The van der Waals surface area contributed by atoms with Gasteiger partial charge in [0.05, 0.1) is 16.7 Å². The first-order chi connectivity index (χ1) is 13.9. The Bertz CT molecular complexity index is 736. The van der Waals surface area contributed by atoms with Gasteiger partial charge in [-0.15, -0.1) is 0 Å². The highest BCUT2D eigenvalue weighted by atomic mass is 35.5. The van der Waals surface area contributed by atoms with Crippen LogP contribution in [0.1, 0.15) is 40.0 Å². The van der Waals surface area contributed by atoms with E-state index in [-0.39, 0.29) is 29.5 Å². The van der Waals surface area contributed by atoms with E-state index in [1.165, 1.54) is 12.1 Å². The molecule has 2 aliphatic rings. The molecule has 0 spiro atoms. The van der Waals surface area contributed by atoms with Gasteiger partial charge in [-0.2, -0.15) is 0 Å². The molecule has 1 aromatic carbocycles. The third kappa shape index (κ3) is 5.64. The van der Waals surface area contributed by atoms with Crippen molar-refractivity contribution < 1.29 is 24.4 Å². The maximum atomic E-state index is 13.6. The summed E-state index contributed by atoms with van der Waals surface area (Å²) in [6.45, 7) is 9.21. The average Bonchev–Trinajstić information content (AvgIpc) is 2.65. The van der Waals surface area contributed by atoms with Gasteiger partial charge in [-0.05, 0) is 52.2 Å². The number of piperidine rings is 2. The standard InChI is InChI=1S/C22H34ClFN2O4/c1-20(2,3)26-10-7-21(28,8-11-26)13-25-9-6-19(27)22(29,14-25)15-30-16-4-5-17(23)18(24)12-16/h4-5,12,19,27-29H,6-11,13-15H2,1-3H3/t19-,22-/m0/s1. The van der Waals surface area contributed by atoms with E-state index in [0.29, 0.717) is 32.4 Å². The summed E-state index contributed by atoms with van der Waals surface area (Å²) in [7, 11) is 0. The van der Waals surface area contributed by atoms with Gasteiger partial charge in [0.1, 0.15) is 23.8 Å². The SMILES string of the molecule is CC(C)(C)N1CCC(O)(CN2CC[C@H](O)[C@@](O)(COc3ccc(Cl)c(F)c3)C2)CC1. The van der Waals surface area contributed by atoms with Gasteiger partial charge in [-0.3, -0.25) is 9.80 Å². The molecule has 0 bridgehead atoms. The Morgan fingerprint density at radius 2 is 1.87 bits per heavy atom. The molecule has 0 radical (unpaired) electrons. The molecule has 0 amide bonds. The fraction of sp³-hybridized carbons (Fsp3) is 0.727. The third-order valence-corrected chi connectivity index (χ3v) is 6.68. The lowest BCUT2D eigenvalue weighted by atomic mass is 9.85. The van der Waals surface area contributed by atoms with Crippen LogP contribution in [0.25, 0.3) is 0 Å². The molecule has 30 heavy (non-hydrogen) atoms. The summed E-state index contributed by atoms with van der Waals surface area (Å²) in [6.07, 6.45) is 0.757. The van der Waals surface area contributed by atoms with Gasteiger partial charge in [0, 0.05) is 44.3 Å². The highest BCUT2D eigenvalue weighted by Gasteiger charge is 2.45. The van der Waals surface area contributed by atoms with E-state index in [0.717, 1.165) is 19.2 Å². The van der Waals surface area contributed by atoms with Crippen LogP contribution in [-0.2, 0) is 0 Å². The highest BCUT2D eigenvalue weighted by Crippen LogP contribution is 2.31. The number of benzene rings is 1. The van der Waals surface area contributed by atoms with Crippen molar-refractivity contribution in [2.24, 2.45) is 0 Å². The Balaban J connectivity index is 1.58. The molecular formula is C22H34ClFN2O4. The molecule has 6 nitrogen and oxygen atoms in total. The van der Waals surface area contributed by atoms with Gasteiger partial charge in [0.15, 0.2) is 0 Å². The predicted octanol–water partition coefficient (Wildman–Crippen LogP) is 2.28. The summed E-state index contributed by atoms with van der Waals surface area (Å²) in [5, 5.41) is 32.5. The molecule has 2 aliphatic heterocycles. The largest absolute Gasteiger partial charge is 0.490 e. The lowest BCUT2D eigenvalue weighted by molar-refractivity contribution is -0.152. The van der Waals surface area contributed by atoms with Crippen molar-refractivity contribution in [2.45, 2.75) is 62.9 Å². The molecule has 2 fully saturated rings. The molecule has 8 heteroatoms. The van der Waals surface area contributed by atoms with Crippen molar-refractivity contribution in [3.63, 3.8) is 0 Å². The van der Waals surface area contributed by atoms with Crippen molar-refractivity contribution in [2.75, 3.05) is 39.3 Å². The molecule has 2 saturated heterocycles. The zero-order chi connectivity index (χ0) is 22.2. The van der Waals surface area contributed by atoms with E-state index in [9.17, 15) is 19.7 Å². The molecule has 0 aromatic heterocycles. The molecule has 2 heterocycles. The fourth-order valence-corrected chi connectivity index (χ4v) is 4.48. The van der Waals surface area contributed by atoms with Crippen molar-refractivity contribution in [1.29, 1.82) is 0 Å². The van der Waals surface area contributed by atoms with Gasteiger partial charge in [-0.1, -0.05) is 11.6 Å². The average molecular weight is 445 g/mol. The number of halogens is 2. The quantitative estimate of drug-likeness (QED) is 0.647. The van der Waals surface area contributed by atoms with Crippen LogP contribution in [0, 0.1) is 5.82 Å². The second-order valence-electron chi connectivity index (χ2n) is 9.87. The smallest absolute Gasteiger partial charge is 0.145 e. The van der Waals surface area contributed by atoms with E-state index in [2.05, 4.69) is 25.7 Å². The third-order valence-electron chi connectivity index (χ3n) is 6.38. The predicted molar refractivity (Wildman–Crippen MR) is 114 cm³/mol. The van der Waals surface area contributed by atoms with Crippen molar-refractivity contribution in [3.8, 4) is 5.75 Å². The number of nitrogens with zero attached hydrogens (tertiary/aromatic N) is 2. The summed E-state index contributed by atoms with van der Waals surface area (Å²) in [6, 6.07) is 4.07. The number of aliphatic hydroxyl groups excluding tert-OH is 1. The zero-order valence-electron chi connectivity index (χ0n) is 18.1. The van der Waals surface area contributed by atoms with Crippen LogP contribution in [0.15, 0.2) is 18.2 Å². The minimum absolute atomic E-state index is 0.00399. The van der Waals surface area contributed by atoms with E-state index >= 15 is 0 Å². The van der Waals surface area contributed by atoms with Crippen molar-refractivity contribution >= 4 is 11.6 Å². The topological polar surface area (TPSA) is 76.4 Å². The van der Waals surface area contributed by atoms with Gasteiger partial charge in [0.2, 0.25) is 0 Å². The Hall–Kier alpha value is -0.960. The monoisotopic (exact) mass is 444 g/mol. The minimum atomic E-state index is -1.50. The van der Waals surface area contributed by atoms with E-state index in [1.54, 1.807) is 0 Å². The van der Waals surface area contributed by atoms with Crippen LogP contribution >= 0.6 is 11.6 Å². The molecular weight excluding hydrogens is 411 g/mol. The first-order valence-electron chi connectivity index (χ1n) is 10.6. The van der Waals surface area contributed by atoms with Crippen LogP contribution in [0.3, 0.4) is 0 Å². The van der Waals surface area contributed by atoms with E-state index < -0.39 is 23.1 Å². The normalized spacial score (nSPS) is 28.5. The van der Waals surface area contributed by atoms with Crippen LogP contribution in [0.2, 0.25) is 5.02 Å². The molecule has 0 saturated carbocycles. The number of likely N-dealkylation sites (tertiary alicyclic amines) is 2. The number of ether oxygens (including phenoxy) is 1. The molecule has 3 rings (SSSR count). The van der Waals surface area contributed by atoms with Gasteiger partial charge in [0.25, 0.3) is 0 Å². The highest BCUT2D eigenvalue weighted by molar-refractivity contribution is 6.30. The van der Waals surface area contributed by atoms with Crippen LogP contribution in [0.4, 0.5) is 4.39 Å². The van der Waals surface area contributed by atoms with Crippen molar-refractivity contribution in [3.05, 3.63) is 29.0 Å². The molecule has 2 atom stereocenters. The molecule has 170 valence electrons. The summed E-state index contributed by atoms with van der Waals surface area (Å²) >= 11 is 5.69. The minimum Gasteiger partial charge on any atom is -0.490 e. The molecule has 0 unspecified atom stereocenters. The lowest BCUT2D eigenvalue weighted by Gasteiger charge is -2.48. The number of hydrogen-bond donors (Lipinski definition) is 3. The van der Waals surface area contributed by atoms with E-state index in [1.807, 2.05) is 4.90 Å². The van der Waals surface area contributed by atoms with E-state index in [4.69, 9.17) is 16.3 Å². The number of aliphatic hydroxyl groups is 3. The Morgan fingerprint density at radius 1 is 1.20 bits per heavy atom. The maximum absolute atomic E-state index is 13.6. The molecule has 3 N–H and O–H groups in total. The second kappa shape index (κ2) is 8.88. The van der Waals surface area contributed by atoms with Gasteiger partial charge >= 0.3 is 0 Å². The Kier molecular flexibility index (Phi) is 7.02.